The number of phenols is 2. The number of hydrogen-bond acceptors (Lipinski definition) is 5. The fourth-order valence-electron chi connectivity index (χ4n) is 4.73. The second kappa shape index (κ2) is 8.67. The van der Waals surface area contributed by atoms with Gasteiger partial charge in [0.1, 0.15) is 17.1 Å². The maximum atomic E-state index is 13.6. The molecule has 0 spiro atoms. The second-order valence-corrected chi connectivity index (χ2v) is 9.10. The highest BCUT2D eigenvalue weighted by atomic mass is 35.5. The number of aromatic hydroxyl groups is 2. The van der Waals surface area contributed by atoms with Crippen molar-refractivity contribution in [3.05, 3.63) is 93.1 Å². The van der Waals surface area contributed by atoms with Gasteiger partial charge in [-0.15, -0.1) is 0 Å². The van der Waals surface area contributed by atoms with Crippen molar-refractivity contribution in [3.8, 4) is 28.5 Å². The first-order valence-electron chi connectivity index (χ1n) is 11.1. The highest BCUT2D eigenvalue weighted by Gasteiger charge is 2.43. The number of hydrogen-bond donors (Lipinski definition) is 3. The number of nitrogens with zero attached hydrogens (tertiary/aromatic N) is 2. The lowest BCUT2D eigenvalue weighted by atomic mass is 9.93. The third-order valence-electron chi connectivity index (χ3n) is 6.38. The van der Waals surface area contributed by atoms with Crippen molar-refractivity contribution in [2.24, 2.45) is 0 Å². The molecule has 35 heavy (non-hydrogen) atoms. The summed E-state index contributed by atoms with van der Waals surface area (Å²) in [7, 11) is 1.47. The van der Waals surface area contributed by atoms with Gasteiger partial charge in [0.2, 0.25) is 0 Å². The van der Waals surface area contributed by atoms with Gasteiger partial charge in [0.25, 0.3) is 5.91 Å². The van der Waals surface area contributed by atoms with Crippen molar-refractivity contribution < 1.29 is 19.7 Å². The average Bonchev–Trinajstić information content (AvgIpc) is 3.37. The molecular weight excluding hydrogens is 466 g/mol. The zero-order valence-electron chi connectivity index (χ0n) is 19.5. The summed E-state index contributed by atoms with van der Waals surface area (Å²) in [4.78, 5) is 15.4. The molecular formula is C27H24ClN3O4. The number of amides is 1. The normalized spacial score (nSPS) is 14.9. The van der Waals surface area contributed by atoms with E-state index in [2.05, 4.69) is 10.2 Å². The van der Waals surface area contributed by atoms with Gasteiger partial charge in [-0.3, -0.25) is 9.89 Å². The molecule has 4 aromatic rings. The van der Waals surface area contributed by atoms with Gasteiger partial charge in [0.05, 0.1) is 13.2 Å². The first kappa shape index (κ1) is 22.8. The van der Waals surface area contributed by atoms with Crippen LogP contribution in [-0.2, 0) is 6.54 Å². The summed E-state index contributed by atoms with van der Waals surface area (Å²) in [6.07, 6.45) is 0. The van der Waals surface area contributed by atoms with Crippen molar-refractivity contribution in [1.29, 1.82) is 0 Å². The van der Waals surface area contributed by atoms with Crippen molar-refractivity contribution in [2.45, 2.75) is 26.4 Å². The molecule has 0 aliphatic carbocycles. The Morgan fingerprint density at radius 3 is 2.63 bits per heavy atom. The third kappa shape index (κ3) is 3.78. The maximum Gasteiger partial charge on any atom is 0.273 e. The summed E-state index contributed by atoms with van der Waals surface area (Å²) >= 11 is 6.44. The van der Waals surface area contributed by atoms with Gasteiger partial charge in [-0.05, 0) is 60.4 Å². The van der Waals surface area contributed by atoms with Gasteiger partial charge in [0, 0.05) is 22.7 Å². The maximum absolute atomic E-state index is 13.6. The molecule has 0 bridgehead atoms. The molecule has 1 aliphatic rings. The van der Waals surface area contributed by atoms with Crippen LogP contribution in [0.5, 0.6) is 17.2 Å². The summed E-state index contributed by atoms with van der Waals surface area (Å²) in [6, 6.07) is 15.6. The molecule has 178 valence electrons. The Morgan fingerprint density at radius 2 is 1.89 bits per heavy atom. The minimum atomic E-state index is -0.558. The molecule has 1 aromatic heterocycles. The number of methoxy groups -OCH3 is 1. The minimum Gasteiger partial charge on any atom is -0.507 e. The summed E-state index contributed by atoms with van der Waals surface area (Å²) in [5.74, 6) is 0.168. The lowest BCUT2D eigenvalue weighted by molar-refractivity contribution is 0.0730. The lowest BCUT2D eigenvalue weighted by Crippen LogP contribution is -2.29. The summed E-state index contributed by atoms with van der Waals surface area (Å²) < 4.78 is 5.34. The number of H-pyrrole nitrogens is 1. The Morgan fingerprint density at radius 1 is 1.11 bits per heavy atom. The van der Waals surface area contributed by atoms with Gasteiger partial charge in [-0.25, -0.2) is 0 Å². The summed E-state index contributed by atoms with van der Waals surface area (Å²) in [5, 5.41) is 29.0. The number of ether oxygens (including phenoxy) is 1. The molecule has 1 aliphatic heterocycles. The Labute approximate surface area is 207 Å². The number of aryl methyl sites for hydroxylation is 2. The molecule has 8 heteroatoms. The smallest absolute Gasteiger partial charge is 0.273 e. The van der Waals surface area contributed by atoms with E-state index in [0.29, 0.717) is 33.3 Å². The number of carbonyl (C=O) groups excluding carboxylic acids is 1. The topological polar surface area (TPSA) is 98.7 Å². The highest BCUT2D eigenvalue weighted by molar-refractivity contribution is 6.31. The van der Waals surface area contributed by atoms with Crippen molar-refractivity contribution >= 4 is 17.5 Å². The average molecular weight is 490 g/mol. The molecule has 0 saturated heterocycles. The molecule has 1 atom stereocenters. The third-order valence-corrected chi connectivity index (χ3v) is 6.75. The van der Waals surface area contributed by atoms with Crippen LogP contribution >= 0.6 is 11.6 Å². The molecule has 5 rings (SSSR count). The van der Waals surface area contributed by atoms with E-state index in [1.54, 1.807) is 29.2 Å². The summed E-state index contributed by atoms with van der Waals surface area (Å²) in [5.41, 5.74) is 5.25. The predicted molar refractivity (Wildman–Crippen MR) is 133 cm³/mol. The number of fused-ring (bicyclic) bond motifs is 1. The van der Waals surface area contributed by atoms with E-state index in [-0.39, 0.29) is 24.0 Å². The largest absolute Gasteiger partial charge is 0.507 e. The van der Waals surface area contributed by atoms with Crippen LogP contribution in [-0.4, -0.2) is 38.3 Å². The number of carbonyl (C=O) groups is 1. The number of phenolic OH excluding ortho intramolecular Hbond substituents is 2. The molecule has 2 heterocycles. The van der Waals surface area contributed by atoms with Crippen LogP contribution in [0.4, 0.5) is 0 Å². The fourth-order valence-corrected chi connectivity index (χ4v) is 4.92. The van der Waals surface area contributed by atoms with Crippen molar-refractivity contribution in [3.63, 3.8) is 0 Å². The van der Waals surface area contributed by atoms with Crippen LogP contribution in [0.2, 0.25) is 5.02 Å². The number of halogens is 1. The minimum absolute atomic E-state index is 0.00202. The van der Waals surface area contributed by atoms with Gasteiger partial charge < -0.3 is 19.8 Å². The number of aromatic amines is 1. The van der Waals surface area contributed by atoms with E-state index in [4.69, 9.17) is 16.3 Å². The van der Waals surface area contributed by atoms with Crippen LogP contribution in [0.25, 0.3) is 11.3 Å². The van der Waals surface area contributed by atoms with Crippen molar-refractivity contribution in [1.82, 2.24) is 15.1 Å². The highest BCUT2D eigenvalue weighted by Crippen LogP contribution is 2.47. The monoisotopic (exact) mass is 489 g/mol. The lowest BCUT2D eigenvalue weighted by Gasteiger charge is -2.27. The molecule has 0 radical (unpaired) electrons. The fraction of sp³-hybridized carbons (Fsp3) is 0.185. The standard InChI is InChI=1S/C27H24ClN3O4/c1-14-10-15(2)26(33)18(11-14)23-22-24(30-29-23)27(34)31(13-17-6-4-5-7-19(17)28)25(22)16-8-9-20(32)21(12-16)35-3/h4-12,25,32-33H,13H2,1-3H3,(H,29,30)/t25-/m1/s1. The SMILES string of the molecule is COc1cc([C@@H]2c3c(-c4cc(C)cc(C)c4O)n[nH]c3C(=O)N2Cc2ccccc2Cl)ccc1O. The van der Waals surface area contributed by atoms with E-state index in [9.17, 15) is 15.0 Å². The zero-order chi connectivity index (χ0) is 24.9. The number of rotatable bonds is 5. The zero-order valence-corrected chi connectivity index (χ0v) is 20.2. The van der Waals surface area contributed by atoms with Gasteiger partial charge in [0.15, 0.2) is 11.5 Å². The number of nitrogens with one attached hydrogen (secondary N) is 1. The van der Waals surface area contributed by atoms with E-state index in [1.165, 1.54) is 7.11 Å². The first-order chi connectivity index (χ1) is 16.8. The van der Waals surface area contributed by atoms with E-state index >= 15 is 0 Å². The van der Waals surface area contributed by atoms with Gasteiger partial charge in [-0.1, -0.05) is 41.9 Å². The van der Waals surface area contributed by atoms with E-state index in [0.717, 1.165) is 22.3 Å². The summed E-state index contributed by atoms with van der Waals surface area (Å²) in [6.45, 7) is 4.03. The van der Waals surface area contributed by atoms with Crippen LogP contribution in [0, 0.1) is 13.8 Å². The van der Waals surface area contributed by atoms with Crippen LogP contribution in [0.3, 0.4) is 0 Å². The Balaban J connectivity index is 1.72. The number of benzene rings is 3. The van der Waals surface area contributed by atoms with E-state index < -0.39 is 6.04 Å². The predicted octanol–water partition coefficient (Wildman–Crippen LogP) is 5.51. The molecule has 0 saturated carbocycles. The van der Waals surface area contributed by atoms with Gasteiger partial charge >= 0.3 is 0 Å². The molecule has 0 unspecified atom stereocenters. The Hall–Kier alpha value is -3.97. The van der Waals surface area contributed by atoms with Gasteiger partial charge in [-0.2, -0.15) is 5.10 Å². The quantitative estimate of drug-likeness (QED) is 0.343. The van der Waals surface area contributed by atoms with Crippen LogP contribution in [0.15, 0.2) is 54.6 Å². The molecule has 3 aromatic carbocycles. The molecule has 0 fully saturated rings. The first-order valence-corrected chi connectivity index (χ1v) is 11.5. The molecule has 7 nitrogen and oxygen atoms in total. The second-order valence-electron chi connectivity index (χ2n) is 8.70. The number of aromatic nitrogens is 2. The van der Waals surface area contributed by atoms with Crippen LogP contribution < -0.4 is 4.74 Å². The Kier molecular flexibility index (Phi) is 5.65. The Bertz CT molecular complexity index is 1460. The van der Waals surface area contributed by atoms with Crippen LogP contribution in [0.1, 0.15) is 44.3 Å². The molecule has 3 N–H and O–H groups in total. The molecule has 1 amide bonds. The van der Waals surface area contributed by atoms with E-state index in [1.807, 2.05) is 44.2 Å². The van der Waals surface area contributed by atoms with Crippen molar-refractivity contribution in [2.75, 3.05) is 7.11 Å².